The van der Waals surface area contributed by atoms with Crippen LogP contribution >= 0.6 is 0 Å². The molecule has 0 saturated heterocycles. The number of aryl methyl sites for hydroxylation is 1. The predicted octanol–water partition coefficient (Wildman–Crippen LogP) is 6.46. The zero-order valence-electron chi connectivity index (χ0n) is 14.7. The first-order chi connectivity index (χ1) is 12.7. The second-order valence-electron chi connectivity index (χ2n) is 6.66. The van der Waals surface area contributed by atoms with Crippen LogP contribution in [0, 0.1) is 18.7 Å². The molecule has 0 aromatic heterocycles. The molecule has 0 spiro atoms. The second kappa shape index (κ2) is 7.12. The predicted molar refractivity (Wildman–Crippen MR) is 103 cm³/mol. The number of aliphatic imine (C=N–C) groups is 1. The zero-order valence-corrected chi connectivity index (χ0v) is 14.7. The second-order valence-corrected chi connectivity index (χ2v) is 6.66. The molecule has 1 fully saturated rings. The molecule has 1 saturated carbocycles. The number of halogens is 1. The standard InChI is InChI=1S/C23H20FNO/c1-16-7-14-21(22(24)15-16)23(17-8-9-17)25-18-10-12-20(13-11-18)26-19-5-3-2-4-6-19/h2-7,10-15,17H,8-9H2,1H3. The molecule has 3 heteroatoms. The maximum atomic E-state index is 14.4. The lowest BCUT2D eigenvalue weighted by Crippen LogP contribution is -2.06. The Hall–Kier alpha value is -2.94. The van der Waals surface area contributed by atoms with Crippen molar-refractivity contribution in [3.8, 4) is 11.5 Å². The molecule has 130 valence electrons. The van der Waals surface area contributed by atoms with Crippen LogP contribution in [0.15, 0.2) is 77.8 Å². The summed E-state index contributed by atoms with van der Waals surface area (Å²) in [7, 11) is 0. The first-order valence-electron chi connectivity index (χ1n) is 8.87. The molecule has 1 aliphatic rings. The molecule has 2 nitrogen and oxygen atoms in total. The Bertz CT molecular complexity index is 928. The average Bonchev–Trinajstić information content (AvgIpc) is 3.48. The Kier molecular flexibility index (Phi) is 4.53. The van der Waals surface area contributed by atoms with Gasteiger partial charge in [-0.15, -0.1) is 0 Å². The number of rotatable bonds is 5. The molecule has 0 atom stereocenters. The van der Waals surface area contributed by atoms with Crippen molar-refractivity contribution in [2.45, 2.75) is 19.8 Å². The topological polar surface area (TPSA) is 21.6 Å². The number of hydrogen-bond acceptors (Lipinski definition) is 2. The first kappa shape index (κ1) is 16.5. The minimum Gasteiger partial charge on any atom is -0.457 e. The van der Waals surface area contributed by atoms with Crippen LogP contribution < -0.4 is 4.74 Å². The molecule has 0 N–H and O–H groups in total. The Balaban J connectivity index is 1.59. The van der Waals surface area contributed by atoms with E-state index in [1.54, 1.807) is 6.07 Å². The molecule has 0 radical (unpaired) electrons. The largest absolute Gasteiger partial charge is 0.457 e. The minimum absolute atomic E-state index is 0.195. The lowest BCUT2D eigenvalue weighted by molar-refractivity contribution is 0.483. The van der Waals surface area contributed by atoms with E-state index in [1.807, 2.05) is 73.7 Å². The van der Waals surface area contributed by atoms with E-state index in [9.17, 15) is 4.39 Å². The van der Waals surface area contributed by atoms with Gasteiger partial charge in [0.25, 0.3) is 0 Å². The summed E-state index contributed by atoms with van der Waals surface area (Å²) < 4.78 is 20.2. The SMILES string of the molecule is Cc1ccc(C(=Nc2ccc(Oc3ccccc3)cc2)C2CC2)c(F)c1. The van der Waals surface area contributed by atoms with Crippen molar-refractivity contribution < 1.29 is 9.13 Å². The Labute approximate surface area is 153 Å². The van der Waals surface area contributed by atoms with Crippen molar-refractivity contribution in [3.63, 3.8) is 0 Å². The van der Waals surface area contributed by atoms with E-state index in [4.69, 9.17) is 9.73 Å². The van der Waals surface area contributed by atoms with Crippen molar-refractivity contribution >= 4 is 11.4 Å². The van der Waals surface area contributed by atoms with Crippen LogP contribution in [-0.2, 0) is 0 Å². The lowest BCUT2D eigenvalue weighted by Gasteiger charge is -2.09. The Morgan fingerprint density at radius 2 is 1.62 bits per heavy atom. The molecule has 3 aromatic carbocycles. The molecule has 0 unspecified atom stereocenters. The van der Waals surface area contributed by atoms with E-state index >= 15 is 0 Å². The lowest BCUT2D eigenvalue weighted by atomic mass is 10.0. The third-order valence-electron chi connectivity index (χ3n) is 4.43. The Morgan fingerprint density at radius 1 is 0.923 bits per heavy atom. The molecule has 0 heterocycles. The minimum atomic E-state index is -0.195. The summed E-state index contributed by atoms with van der Waals surface area (Å²) in [6, 6.07) is 22.6. The molecule has 1 aliphatic carbocycles. The zero-order chi connectivity index (χ0) is 17.9. The molecule has 26 heavy (non-hydrogen) atoms. The van der Waals surface area contributed by atoms with E-state index in [0.29, 0.717) is 11.5 Å². The van der Waals surface area contributed by atoms with E-state index in [0.717, 1.165) is 41.3 Å². The molecular weight excluding hydrogens is 325 g/mol. The van der Waals surface area contributed by atoms with Gasteiger partial charge in [-0.2, -0.15) is 0 Å². The van der Waals surface area contributed by atoms with Gasteiger partial charge in [0.2, 0.25) is 0 Å². The van der Waals surface area contributed by atoms with Gasteiger partial charge in [0.05, 0.1) is 11.4 Å². The van der Waals surface area contributed by atoms with Gasteiger partial charge in [-0.05, 0) is 73.9 Å². The van der Waals surface area contributed by atoms with E-state index < -0.39 is 0 Å². The van der Waals surface area contributed by atoms with Crippen LogP contribution in [0.3, 0.4) is 0 Å². The van der Waals surface area contributed by atoms with Crippen LogP contribution in [0.5, 0.6) is 11.5 Å². The number of nitrogens with zero attached hydrogens (tertiary/aromatic N) is 1. The third-order valence-corrected chi connectivity index (χ3v) is 4.43. The highest BCUT2D eigenvalue weighted by Crippen LogP contribution is 2.36. The van der Waals surface area contributed by atoms with Gasteiger partial charge in [0.15, 0.2) is 0 Å². The van der Waals surface area contributed by atoms with E-state index in [1.165, 1.54) is 0 Å². The highest BCUT2D eigenvalue weighted by atomic mass is 19.1. The fourth-order valence-corrected chi connectivity index (χ4v) is 2.91. The fourth-order valence-electron chi connectivity index (χ4n) is 2.91. The van der Waals surface area contributed by atoms with Gasteiger partial charge >= 0.3 is 0 Å². The highest BCUT2D eigenvalue weighted by Gasteiger charge is 2.30. The molecule has 4 rings (SSSR count). The monoisotopic (exact) mass is 345 g/mol. The van der Waals surface area contributed by atoms with Crippen LogP contribution in [0.2, 0.25) is 0 Å². The van der Waals surface area contributed by atoms with Crippen LogP contribution in [-0.4, -0.2) is 5.71 Å². The van der Waals surface area contributed by atoms with Crippen molar-refractivity contribution in [1.82, 2.24) is 0 Å². The van der Waals surface area contributed by atoms with Crippen LogP contribution in [0.25, 0.3) is 0 Å². The first-order valence-corrected chi connectivity index (χ1v) is 8.87. The van der Waals surface area contributed by atoms with Crippen molar-refractivity contribution in [2.24, 2.45) is 10.9 Å². The summed E-state index contributed by atoms with van der Waals surface area (Å²) in [6.45, 7) is 1.90. The quantitative estimate of drug-likeness (QED) is 0.486. The van der Waals surface area contributed by atoms with Gasteiger partial charge in [0.1, 0.15) is 17.3 Å². The molecule has 0 aliphatic heterocycles. The van der Waals surface area contributed by atoms with E-state index in [-0.39, 0.29) is 5.82 Å². The summed E-state index contributed by atoms with van der Waals surface area (Å²) in [6.07, 6.45) is 2.14. The van der Waals surface area contributed by atoms with Crippen molar-refractivity contribution in [1.29, 1.82) is 0 Å². The van der Waals surface area contributed by atoms with Crippen LogP contribution in [0.4, 0.5) is 10.1 Å². The summed E-state index contributed by atoms with van der Waals surface area (Å²) >= 11 is 0. The number of benzene rings is 3. The van der Waals surface area contributed by atoms with Gasteiger partial charge < -0.3 is 4.74 Å². The number of hydrogen-bond donors (Lipinski definition) is 0. The smallest absolute Gasteiger partial charge is 0.132 e. The average molecular weight is 345 g/mol. The van der Waals surface area contributed by atoms with Gasteiger partial charge in [-0.1, -0.05) is 24.3 Å². The number of para-hydroxylation sites is 1. The number of ether oxygens (including phenoxy) is 1. The van der Waals surface area contributed by atoms with Crippen LogP contribution in [0.1, 0.15) is 24.0 Å². The normalized spacial score (nSPS) is 14.3. The summed E-state index contributed by atoms with van der Waals surface area (Å²) in [5.74, 6) is 1.71. The fraction of sp³-hybridized carbons (Fsp3) is 0.174. The van der Waals surface area contributed by atoms with Gasteiger partial charge in [-0.25, -0.2) is 4.39 Å². The highest BCUT2D eigenvalue weighted by molar-refractivity contribution is 6.05. The Morgan fingerprint density at radius 3 is 2.27 bits per heavy atom. The molecular formula is C23H20FNO. The van der Waals surface area contributed by atoms with Gasteiger partial charge in [-0.3, -0.25) is 4.99 Å². The summed E-state index contributed by atoms with van der Waals surface area (Å²) in [5.41, 5.74) is 3.19. The van der Waals surface area contributed by atoms with Gasteiger partial charge in [0, 0.05) is 11.5 Å². The van der Waals surface area contributed by atoms with Crippen molar-refractivity contribution in [2.75, 3.05) is 0 Å². The third kappa shape index (κ3) is 3.83. The van der Waals surface area contributed by atoms with E-state index in [2.05, 4.69) is 0 Å². The summed E-state index contributed by atoms with van der Waals surface area (Å²) in [4.78, 5) is 4.75. The maximum Gasteiger partial charge on any atom is 0.132 e. The maximum absolute atomic E-state index is 14.4. The van der Waals surface area contributed by atoms with Crippen molar-refractivity contribution in [3.05, 3.63) is 89.7 Å². The molecule has 0 amide bonds. The molecule has 3 aromatic rings. The summed E-state index contributed by atoms with van der Waals surface area (Å²) in [5, 5.41) is 0. The molecule has 0 bridgehead atoms.